The Morgan fingerprint density at radius 2 is 2.10 bits per heavy atom. The van der Waals surface area contributed by atoms with Crippen LogP contribution in [-0.4, -0.2) is 25.9 Å². The number of thiophene rings is 1. The van der Waals surface area contributed by atoms with E-state index in [2.05, 4.69) is 49.5 Å². The molecule has 4 aromatic rings. The number of aromatic nitrogens is 4. The second-order valence-corrected chi connectivity index (χ2v) is 8.65. The van der Waals surface area contributed by atoms with Crippen LogP contribution in [0.1, 0.15) is 47.8 Å². The molecule has 158 valence electrons. The number of carbonyl (C=O) groups is 1. The number of anilines is 3. The highest BCUT2D eigenvalue weighted by molar-refractivity contribution is 7.17. The summed E-state index contributed by atoms with van der Waals surface area (Å²) in [6.45, 7) is 0.545. The minimum Gasteiger partial charge on any atom is -0.379 e. The van der Waals surface area contributed by atoms with Crippen LogP contribution in [0.25, 0.3) is 10.1 Å². The Hall–Kier alpha value is -3.46. The molecule has 5 rings (SSSR count). The number of fused-ring (bicyclic) bond motifs is 1. The summed E-state index contributed by atoms with van der Waals surface area (Å²) in [5, 5.41) is 22.5. The largest absolute Gasteiger partial charge is 0.379 e. The number of rotatable bonds is 7. The van der Waals surface area contributed by atoms with Gasteiger partial charge in [-0.3, -0.25) is 9.48 Å². The fourth-order valence-corrected chi connectivity index (χ4v) is 4.99. The van der Waals surface area contributed by atoms with Gasteiger partial charge in [-0.2, -0.15) is 5.10 Å². The van der Waals surface area contributed by atoms with E-state index in [-0.39, 0.29) is 5.69 Å². The molecule has 0 radical (unpaired) electrons. The van der Waals surface area contributed by atoms with Gasteiger partial charge in [-0.1, -0.05) is 31.0 Å². The van der Waals surface area contributed by atoms with Gasteiger partial charge in [0.2, 0.25) is 0 Å². The van der Waals surface area contributed by atoms with Gasteiger partial charge < -0.3 is 16.4 Å². The third kappa shape index (κ3) is 4.09. The summed E-state index contributed by atoms with van der Waals surface area (Å²) in [5.74, 6) is -0.0993. The van der Waals surface area contributed by atoms with Crippen molar-refractivity contribution in [2.45, 2.75) is 38.3 Å². The lowest BCUT2D eigenvalue weighted by Gasteiger charge is -2.12. The summed E-state index contributed by atoms with van der Waals surface area (Å²) in [6.07, 6.45) is 8.61. The van der Waals surface area contributed by atoms with Crippen molar-refractivity contribution in [1.29, 1.82) is 0 Å². The minimum absolute atomic E-state index is 0.116. The molecule has 1 fully saturated rings. The van der Waals surface area contributed by atoms with Crippen LogP contribution in [0, 0.1) is 0 Å². The molecule has 0 unspecified atom stereocenters. The Kier molecular flexibility index (Phi) is 5.25. The molecule has 1 aliphatic rings. The molecule has 0 saturated heterocycles. The van der Waals surface area contributed by atoms with E-state index in [9.17, 15) is 4.79 Å². The topological polar surface area (TPSA) is 111 Å². The van der Waals surface area contributed by atoms with E-state index < -0.39 is 5.91 Å². The number of nitrogens with two attached hydrogens (primary N) is 1. The highest BCUT2D eigenvalue weighted by atomic mass is 32.1. The molecule has 31 heavy (non-hydrogen) atoms. The number of carbonyl (C=O) groups excluding carboxylic acids is 1. The van der Waals surface area contributed by atoms with Crippen molar-refractivity contribution >= 4 is 44.5 Å². The summed E-state index contributed by atoms with van der Waals surface area (Å²) in [7, 11) is 0. The van der Waals surface area contributed by atoms with Crippen LogP contribution < -0.4 is 16.4 Å². The zero-order valence-corrected chi connectivity index (χ0v) is 17.7. The Morgan fingerprint density at radius 3 is 2.94 bits per heavy atom. The van der Waals surface area contributed by atoms with Gasteiger partial charge in [-0.15, -0.1) is 21.5 Å². The quantitative estimate of drug-likeness (QED) is 0.397. The molecule has 4 N–H and O–H groups in total. The van der Waals surface area contributed by atoms with E-state index in [0.717, 1.165) is 11.3 Å². The molecule has 3 aromatic heterocycles. The van der Waals surface area contributed by atoms with Gasteiger partial charge >= 0.3 is 0 Å². The number of primary amides is 1. The van der Waals surface area contributed by atoms with Crippen LogP contribution in [0.4, 0.5) is 17.2 Å². The summed E-state index contributed by atoms with van der Waals surface area (Å²) >= 11 is 1.70. The Balaban J connectivity index is 1.36. The van der Waals surface area contributed by atoms with Crippen LogP contribution in [0.15, 0.2) is 48.1 Å². The summed E-state index contributed by atoms with van der Waals surface area (Å²) in [5.41, 5.74) is 8.16. The second kappa shape index (κ2) is 8.35. The van der Waals surface area contributed by atoms with Crippen LogP contribution >= 0.6 is 11.3 Å². The van der Waals surface area contributed by atoms with Crippen molar-refractivity contribution in [3.05, 3.63) is 59.4 Å². The minimum atomic E-state index is -0.620. The number of amides is 1. The highest BCUT2D eigenvalue weighted by Gasteiger charge is 2.18. The Labute approximate surface area is 183 Å². The van der Waals surface area contributed by atoms with Gasteiger partial charge in [0.05, 0.1) is 23.6 Å². The Bertz CT molecular complexity index is 1230. The van der Waals surface area contributed by atoms with Crippen molar-refractivity contribution in [3.63, 3.8) is 0 Å². The first-order valence-corrected chi connectivity index (χ1v) is 11.2. The normalized spacial score (nSPS) is 14.2. The molecule has 1 aromatic carbocycles. The van der Waals surface area contributed by atoms with Crippen LogP contribution in [0.5, 0.6) is 0 Å². The van der Waals surface area contributed by atoms with E-state index in [0.29, 0.717) is 24.1 Å². The molecule has 0 aliphatic heterocycles. The van der Waals surface area contributed by atoms with Crippen LogP contribution in [-0.2, 0) is 6.54 Å². The maximum absolute atomic E-state index is 11.9. The van der Waals surface area contributed by atoms with E-state index in [4.69, 9.17) is 5.73 Å². The zero-order chi connectivity index (χ0) is 21.2. The molecule has 3 heterocycles. The second-order valence-electron chi connectivity index (χ2n) is 7.74. The fraction of sp³-hybridized carbons (Fsp3) is 0.273. The van der Waals surface area contributed by atoms with Gasteiger partial charge in [0.1, 0.15) is 0 Å². The predicted octanol–water partition coefficient (Wildman–Crippen LogP) is 4.46. The number of nitrogens with one attached hydrogen (secondary N) is 2. The number of hydrogen-bond acceptors (Lipinski definition) is 7. The molecule has 0 bridgehead atoms. The average Bonchev–Trinajstić information content (AvgIpc) is 3.53. The summed E-state index contributed by atoms with van der Waals surface area (Å²) in [6, 6.07) is 10.5. The van der Waals surface area contributed by atoms with Gasteiger partial charge in [-0.05, 0) is 35.2 Å². The standard InChI is InChI=1S/C22H23N7OS/c23-22(30)20-18(24-11-15-5-3-4-14-8-9-31-21(14)15)10-19(27-28-20)26-16-12-25-29(13-16)17-6-1-2-7-17/h3-5,8-10,12-13,17H,1-2,6-7,11H2,(H2,23,30)(H2,24,26,27). The lowest BCUT2D eigenvalue weighted by Crippen LogP contribution is -2.17. The zero-order valence-electron chi connectivity index (χ0n) is 16.9. The van der Waals surface area contributed by atoms with Crippen molar-refractivity contribution in [1.82, 2.24) is 20.0 Å². The van der Waals surface area contributed by atoms with Gasteiger partial charge in [0, 0.05) is 23.5 Å². The summed E-state index contributed by atoms with van der Waals surface area (Å²) < 4.78 is 3.23. The summed E-state index contributed by atoms with van der Waals surface area (Å²) in [4.78, 5) is 11.9. The van der Waals surface area contributed by atoms with E-state index in [1.54, 1.807) is 23.6 Å². The number of nitrogens with zero attached hydrogens (tertiary/aromatic N) is 4. The van der Waals surface area contributed by atoms with Gasteiger partial charge in [0.15, 0.2) is 11.5 Å². The van der Waals surface area contributed by atoms with Crippen molar-refractivity contribution in [3.8, 4) is 0 Å². The molecule has 9 heteroatoms. The van der Waals surface area contributed by atoms with E-state index in [1.165, 1.54) is 35.8 Å². The monoisotopic (exact) mass is 433 g/mol. The molecule has 1 aliphatic carbocycles. The maximum Gasteiger partial charge on any atom is 0.271 e. The van der Waals surface area contributed by atoms with Crippen LogP contribution in [0.3, 0.4) is 0 Å². The van der Waals surface area contributed by atoms with E-state index >= 15 is 0 Å². The SMILES string of the molecule is NC(=O)c1nnc(Nc2cnn(C3CCCC3)c2)cc1NCc1cccc2ccsc12. The van der Waals surface area contributed by atoms with Crippen molar-refractivity contribution in [2.24, 2.45) is 5.73 Å². The first-order chi connectivity index (χ1) is 15.2. The lowest BCUT2D eigenvalue weighted by atomic mass is 10.1. The third-order valence-electron chi connectivity index (χ3n) is 5.63. The maximum atomic E-state index is 11.9. The molecule has 0 atom stereocenters. The number of benzene rings is 1. The molecule has 8 nitrogen and oxygen atoms in total. The molecular weight excluding hydrogens is 410 g/mol. The Morgan fingerprint density at radius 1 is 1.23 bits per heavy atom. The fourth-order valence-electron chi connectivity index (χ4n) is 4.07. The molecule has 1 amide bonds. The van der Waals surface area contributed by atoms with E-state index in [1.807, 2.05) is 16.9 Å². The number of hydrogen-bond donors (Lipinski definition) is 3. The first kappa shape index (κ1) is 19.5. The molecule has 1 saturated carbocycles. The lowest BCUT2D eigenvalue weighted by molar-refractivity contribution is 0.0995. The molecule has 0 spiro atoms. The predicted molar refractivity (Wildman–Crippen MR) is 123 cm³/mol. The van der Waals surface area contributed by atoms with Gasteiger partial charge in [0.25, 0.3) is 5.91 Å². The molecular formula is C22H23N7OS. The van der Waals surface area contributed by atoms with Gasteiger partial charge in [-0.25, -0.2) is 0 Å². The smallest absolute Gasteiger partial charge is 0.271 e. The van der Waals surface area contributed by atoms with Crippen molar-refractivity contribution < 1.29 is 4.79 Å². The van der Waals surface area contributed by atoms with Crippen molar-refractivity contribution in [2.75, 3.05) is 10.6 Å². The highest BCUT2D eigenvalue weighted by Crippen LogP contribution is 2.30. The van der Waals surface area contributed by atoms with Crippen LogP contribution in [0.2, 0.25) is 0 Å². The first-order valence-electron chi connectivity index (χ1n) is 10.3. The average molecular weight is 434 g/mol. The third-order valence-corrected chi connectivity index (χ3v) is 6.64.